The molecule has 15 heavy (non-hydrogen) atoms. The van der Waals surface area contributed by atoms with Gasteiger partial charge in [0.15, 0.2) is 5.65 Å². The van der Waals surface area contributed by atoms with Gasteiger partial charge >= 0.3 is 0 Å². The van der Waals surface area contributed by atoms with Crippen LogP contribution in [0.1, 0.15) is 5.56 Å². The van der Waals surface area contributed by atoms with Crippen LogP contribution in [0.15, 0.2) is 36.0 Å². The normalized spacial score (nSPS) is 11.0. The molecule has 0 unspecified atom stereocenters. The fourth-order valence-electron chi connectivity index (χ4n) is 1.54. The second-order valence-corrected chi connectivity index (χ2v) is 4.33. The van der Waals surface area contributed by atoms with Gasteiger partial charge in [0, 0.05) is 11.8 Å². The minimum Gasteiger partial charge on any atom is -0.227 e. The number of aryl methyl sites for hydroxylation is 1. The number of nitrogens with zero attached hydrogens (tertiary/aromatic N) is 3. The Balaban J connectivity index is 2.25. The number of thiophene rings is 1. The average molecular weight is 215 g/mol. The molecule has 0 radical (unpaired) electrons. The summed E-state index contributed by atoms with van der Waals surface area (Å²) >= 11 is 1.70. The largest absolute Gasteiger partial charge is 0.227 e. The molecule has 0 aliphatic carbocycles. The van der Waals surface area contributed by atoms with E-state index in [1.54, 1.807) is 15.9 Å². The topological polar surface area (TPSA) is 30.2 Å². The SMILES string of the molecule is Cc1cnn2ccc(-c3cccs3)nc12. The third-order valence-corrected chi connectivity index (χ3v) is 3.21. The van der Waals surface area contributed by atoms with Gasteiger partial charge in [0.1, 0.15) is 0 Å². The van der Waals surface area contributed by atoms with Crippen LogP contribution in [0.5, 0.6) is 0 Å². The molecule has 74 valence electrons. The molecule has 3 aromatic heterocycles. The van der Waals surface area contributed by atoms with Crippen LogP contribution < -0.4 is 0 Å². The zero-order valence-electron chi connectivity index (χ0n) is 8.21. The molecule has 3 rings (SSSR count). The van der Waals surface area contributed by atoms with Gasteiger partial charge in [-0.1, -0.05) is 6.07 Å². The Morgan fingerprint density at radius 2 is 2.27 bits per heavy atom. The van der Waals surface area contributed by atoms with Crippen molar-refractivity contribution in [3.05, 3.63) is 41.5 Å². The second-order valence-electron chi connectivity index (χ2n) is 3.39. The first-order chi connectivity index (χ1) is 7.34. The fraction of sp³-hybridized carbons (Fsp3) is 0.0909. The molecule has 0 bridgehead atoms. The van der Waals surface area contributed by atoms with Crippen molar-refractivity contribution < 1.29 is 0 Å². The molecule has 0 spiro atoms. The first-order valence-corrected chi connectivity index (χ1v) is 5.57. The Kier molecular flexibility index (Phi) is 1.82. The molecule has 0 saturated carbocycles. The van der Waals surface area contributed by atoms with Crippen LogP contribution in [0.3, 0.4) is 0 Å². The van der Waals surface area contributed by atoms with Crippen molar-refractivity contribution in [2.45, 2.75) is 6.92 Å². The number of rotatable bonds is 1. The third-order valence-electron chi connectivity index (χ3n) is 2.32. The van der Waals surface area contributed by atoms with Crippen molar-refractivity contribution in [1.29, 1.82) is 0 Å². The predicted molar refractivity (Wildman–Crippen MR) is 61.0 cm³/mol. The van der Waals surface area contributed by atoms with Crippen molar-refractivity contribution >= 4 is 17.0 Å². The highest BCUT2D eigenvalue weighted by molar-refractivity contribution is 7.13. The molecule has 4 heteroatoms. The number of fused-ring (bicyclic) bond motifs is 1. The van der Waals surface area contributed by atoms with Gasteiger partial charge in [-0.25, -0.2) is 9.50 Å². The highest BCUT2D eigenvalue weighted by Gasteiger charge is 2.04. The van der Waals surface area contributed by atoms with Crippen molar-refractivity contribution in [2.75, 3.05) is 0 Å². The highest BCUT2D eigenvalue weighted by atomic mass is 32.1. The molecule has 3 nitrogen and oxygen atoms in total. The van der Waals surface area contributed by atoms with Crippen LogP contribution in [0.2, 0.25) is 0 Å². The summed E-state index contributed by atoms with van der Waals surface area (Å²) in [5.74, 6) is 0. The molecular formula is C11H9N3S. The van der Waals surface area contributed by atoms with Crippen molar-refractivity contribution in [1.82, 2.24) is 14.6 Å². The van der Waals surface area contributed by atoms with Crippen LogP contribution >= 0.6 is 11.3 Å². The molecule has 0 aromatic carbocycles. The van der Waals surface area contributed by atoms with Gasteiger partial charge in [-0.3, -0.25) is 0 Å². The summed E-state index contributed by atoms with van der Waals surface area (Å²) in [6.45, 7) is 2.02. The first kappa shape index (κ1) is 8.61. The highest BCUT2D eigenvalue weighted by Crippen LogP contribution is 2.23. The molecular weight excluding hydrogens is 206 g/mol. The lowest BCUT2D eigenvalue weighted by Crippen LogP contribution is -1.91. The van der Waals surface area contributed by atoms with E-state index in [1.807, 2.05) is 31.5 Å². The monoisotopic (exact) mass is 215 g/mol. The van der Waals surface area contributed by atoms with E-state index in [1.165, 1.54) is 4.88 Å². The lowest BCUT2D eigenvalue weighted by Gasteiger charge is -1.98. The molecule has 0 atom stereocenters. The van der Waals surface area contributed by atoms with Gasteiger partial charge in [-0.15, -0.1) is 11.3 Å². The third kappa shape index (κ3) is 1.34. The maximum atomic E-state index is 4.59. The van der Waals surface area contributed by atoms with Crippen LogP contribution in [0, 0.1) is 6.92 Å². The Bertz CT molecular complexity index is 595. The van der Waals surface area contributed by atoms with Gasteiger partial charge in [0.2, 0.25) is 0 Å². The predicted octanol–water partition coefficient (Wildman–Crippen LogP) is 2.77. The standard InChI is InChI=1S/C11H9N3S/c1-8-7-12-14-5-4-9(13-11(8)14)10-3-2-6-15-10/h2-7H,1H3. The smallest absolute Gasteiger partial charge is 0.158 e. The summed E-state index contributed by atoms with van der Waals surface area (Å²) in [7, 11) is 0. The van der Waals surface area contributed by atoms with E-state index in [-0.39, 0.29) is 0 Å². The Morgan fingerprint density at radius 1 is 1.33 bits per heavy atom. The average Bonchev–Trinajstić information content (AvgIpc) is 2.88. The summed E-state index contributed by atoms with van der Waals surface area (Å²) in [5.41, 5.74) is 3.05. The van der Waals surface area contributed by atoms with Gasteiger partial charge in [-0.2, -0.15) is 5.10 Å². The van der Waals surface area contributed by atoms with E-state index in [0.29, 0.717) is 0 Å². The molecule has 0 aliphatic heterocycles. The minimum atomic E-state index is 0.931. The van der Waals surface area contributed by atoms with Gasteiger partial charge in [-0.05, 0) is 24.4 Å². The lowest BCUT2D eigenvalue weighted by molar-refractivity contribution is 0.941. The molecule has 0 N–H and O–H groups in total. The van der Waals surface area contributed by atoms with E-state index in [0.717, 1.165) is 16.9 Å². The summed E-state index contributed by atoms with van der Waals surface area (Å²) in [5, 5.41) is 6.26. The van der Waals surface area contributed by atoms with Gasteiger partial charge in [0.25, 0.3) is 0 Å². The van der Waals surface area contributed by atoms with E-state index < -0.39 is 0 Å². The van der Waals surface area contributed by atoms with E-state index in [9.17, 15) is 0 Å². The molecule has 0 fully saturated rings. The number of hydrogen-bond donors (Lipinski definition) is 0. The second kappa shape index (κ2) is 3.17. The quantitative estimate of drug-likeness (QED) is 0.624. The van der Waals surface area contributed by atoms with Crippen molar-refractivity contribution in [3.63, 3.8) is 0 Å². The van der Waals surface area contributed by atoms with Gasteiger partial charge < -0.3 is 0 Å². The van der Waals surface area contributed by atoms with E-state index >= 15 is 0 Å². The number of aromatic nitrogens is 3. The maximum absolute atomic E-state index is 4.59. The van der Waals surface area contributed by atoms with Crippen LogP contribution in [0.4, 0.5) is 0 Å². The Hall–Kier alpha value is -1.68. The van der Waals surface area contributed by atoms with Crippen molar-refractivity contribution in [3.8, 4) is 10.6 Å². The van der Waals surface area contributed by atoms with Crippen molar-refractivity contribution in [2.24, 2.45) is 0 Å². The first-order valence-electron chi connectivity index (χ1n) is 4.69. The zero-order valence-corrected chi connectivity index (χ0v) is 9.03. The Labute approximate surface area is 91.0 Å². The van der Waals surface area contributed by atoms with Crippen LogP contribution in [0.25, 0.3) is 16.2 Å². The zero-order chi connectivity index (χ0) is 10.3. The number of hydrogen-bond acceptors (Lipinski definition) is 3. The summed E-state index contributed by atoms with van der Waals surface area (Å²) in [6, 6.07) is 6.11. The van der Waals surface area contributed by atoms with Gasteiger partial charge in [0.05, 0.1) is 16.8 Å². The molecule has 0 amide bonds. The molecule has 3 heterocycles. The summed E-state index contributed by atoms with van der Waals surface area (Å²) in [6.07, 6.45) is 3.78. The summed E-state index contributed by atoms with van der Waals surface area (Å²) in [4.78, 5) is 5.78. The summed E-state index contributed by atoms with van der Waals surface area (Å²) < 4.78 is 1.80. The minimum absolute atomic E-state index is 0.931. The fourth-order valence-corrected chi connectivity index (χ4v) is 2.24. The maximum Gasteiger partial charge on any atom is 0.158 e. The van der Waals surface area contributed by atoms with E-state index in [2.05, 4.69) is 21.5 Å². The lowest BCUT2D eigenvalue weighted by atomic mass is 10.3. The Morgan fingerprint density at radius 3 is 3.07 bits per heavy atom. The van der Waals surface area contributed by atoms with Crippen LogP contribution in [-0.4, -0.2) is 14.6 Å². The molecule has 0 aliphatic rings. The molecule has 3 aromatic rings. The van der Waals surface area contributed by atoms with Crippen LogP contribution in [-0.2, 0) is 0 Å². The van der Waals surface area contributed by atoms with E-state index in [4.69, 9.17) is 0 Å². The molecule has 0 saturated heterocycles.